The molecule has 4 atom stereocenters. The number of hydrogen-bond donors (Lipinski definition) is 3. The van der Waals surface area contributed by atoms with Crippen LogP contribution in [0.5, 0.6) is 0 Å². The van der Waals surface area contributed by atoms with Gasteiger partial charge in [0, 0.05) is 28.7 Å². The molecule has 0 saturated carbocycles. The molecule has 0 saturated heterocycles. The largest absolute Gasteiger partial charge is 0.388 e. The van der Waals surface area contributed by atoms with Crippen molar-refractivity contribution in [2.24, 2.45) is 17.8 Å². The van der Waals surface area contributed by atoms with Gasteiger partial charge in [-0.2, -0.15) is 0 Å². The number of aromatic nitrogens is 2. The third kappa shape index (κ3) is 4.36. The zero-order chi connectivity index (χ0) is 20.3. The van der Waals surface area contributed by atoms with Gasteiger partial charge in [-0.3, -0.25) is 4.98 Å². The van der Waals surface area contributed by atoms with Gasteiger partial charge in [0.1, 0.15) is 5.82 Å². The van der Waals surface area contributed by atoms with Gasteiger partial charge in [-0.05, 0) is 55.6 Å². The Morgan fingerprint density at radius 2 is 1.75 bits per heavy atom. The van der Waals surface area contributed by atoms with E-state index in [1.54, 1.807) is 12.3 Å². The molecule has 2 aromatic heterocycles. The number of aliphatic hydroxyl groups is 2. The molecular formula is C23H33N3O2. The van der Waals surface area contributed by atoms with Crippen LogP contribution in [0, 0.1) is 17.8 Å². The summed E-state index contributed by atoms with van der Waals surface area (Å²) in [6.07, 6.45) is 6.19. The van der Waals surface area contributed by atoms with Crippen LogP contribution in [0.25, 0.3) is 0 Å². The molecule has 0 spiro atoms. The maximum atomic E-state index is 10.2. The van der Waals surface area contributed by atoms with Crippen molar-refractivity contribution in [3.8, 4) is 0 Å². The molecule has 0 aliphatic heterocycles. The van der Waals surface area contributed by atoms with Gasteiger partial charge >= 0.3 is 0 Å². The van der Waals surface area contributed by atoms with Crippen molar-refractivity contribution in [1.82, 2.24) is 9.97 Å². The van der Waals surface area contributed by atoms with Crippen molar-refractivity contribution in [2.45, 2.75) is 65.1 Å². The molecule has 2 aliphatic carbocycles. The smallest absolute Gasteiger partial charge is 0.123 e. The Hall–Kier alpha value is -1.98. The van der Waals surface area contributed by atoms with Gasteiger partial charge in [-0.25, -0.2) is 4.98 Å². The zero-order valence-electron chi connectivity index (χ0n) is 17.2. The molecule has 4 unspecified atom stereocenters. The average Bonchev–Trinajstić information content (AvgIpc) is 2.69. The number of aliphatic hydroxyl groups excluding tert-OH is 2. The third-order valence-electron chi connectivity index (χ3n) is 6.29. The molecule has 5 nitrogen and oxygen atoms in total. The fourth-order valence-corrected chi connectivity index (χ4v) is 4.48. The minimum Gasteiger partial charge on any atom is -0.388 e. The van der Waals surface area contributed by atoms with Crippen molar-refractivity contribution < 1.29 is 10.2 Å². The van der Waals surface area contributed by atoms with Gasteiger partial charge < -0.3 is 15.9 Å². The second-order valence-electron chi connectivity index (χ2n) is 8.35. The number of rotatable bonds is 2. The van der Waals surface area contributed by atoms with E-state index in [2.05, 4.69) is 30.7 Å². The van der Waals surface area contributed by atoms with Crippen molar-refractivity contribution in [3.05, 3.63) is 53.0 Å². The second kappa shape index (κ2) is 9.01. The van der Waals surface area contributed by atoms with Crippen LogP contribution in [0.4, 0.5) is 5.82 Å². The highest BCUT2D eigenvalue weighted by atomic mass is 16.3. The molecule has 28 heavy (non-hydrogen) atoms. The molecule has 0 aromatic carbocycles. The molecule has 152 valence electrons. The Morgan fingerprint density at radius 1 is 1.04 bits per heavy atom. The molecule has 0 amide bonds. The highest BCUT2D eigenvalue weighted by Gasteiger charge is 2.30. The number of aryl methyl sites for hydroxylation is 2. The molecule has 0 radical (unpaired) electrons. The average molecular weight is 384 g/mol. The molecule has 2 aliphatic rings. The first kappa shape index (κ1) is 20.7. The molecule has 5 heteroatoms. The molecule has 4 rings (SSSR count). The predicted molar refractivity (Wildman–Crippen MR) is 112 cm³/mol. The van der Waals surface area contributed by atoms with Gasteiger partial charge in [0.05, 0.1) is 12.2 Å². The Kier molecular flexibility index (Phi) is 6.68. The van der Waals surface area contributed by atoms with Crippen molar-refractivity contribution >= 4 is 5.82 Å². The predicted octanol–water partition coefficient (Wildman–Crippen LogP) is 4.00. The Balaban J connectivity index is 0.000000161. The highest BCUT2D eigenvalue weighted by Crippen LogP contribution is 2.37. The fourth-order valence-electron chi connectivity index (χ4n) is 4.48. The molecule has 2 aromatic rings. The van der Waals surface area contributed by atoms with E-state index < -0.39 is 0 Å². The van der Waals surface area contributed by atoms with Gasteiger partial charge in [-0.15, -0.1) is 0 Å². The SMILES string of the molecule is CC(C)C1CCc2ncccc2C1O.CCC1CCc2nc(N)ccc2C1O. The number of nitrogen functional groups attached to an aromatic ring is 1. The highest BCUT2D eigenvalue weighted by molar-refractivity contribution is 5.36. The second-order valence-corrected chi connectivity index (χ2v) is 8.35. The summed E-state index contributed by atoms with van der Waals surface area (Å²) in [5.41, 5.74) is 9.67. The maximum Gasteiger partial charge on any atom is 0.123 e. The van der Waals surface area contributed by atoms with E-state index in [4.69, 9.17) is 5.73 Å². The van der Waals surface area contributed by atoms with Crippen LogP contribution in [-0.2, 0) is 12.8 Å². The zero-order valence-corrected chi connectivity index (χ0v) is 17.2. The van der Waals surface area contributed by atoms with E-state index in [0.29, 0.717) is 23.6 Å². The summed E-state index contributed by atoms with van der Waals surface area (Å²) in [7, 11) is 0. The first-order valence-electron chi connectivity index (χ1n) is 10.5. The first-order chi connectivity index (χ1) is 13.4. The van der Waals surface area contributed by atoms with E-state index in [1.807, 2.05) is 18.2 Å². The van der Waals surface area contributed by atoms with Gasteiger partial charge in [0.2, 0.25) is 0 Å². The first-order valence-corrected chi connectivity index (χ1v) is 10.5. The normalized spacial score (nSPS) is 26.1. The molecule has 4 N–H and O–H groups in total. The number of anilines is 1. The van der Waals surface area contributed by atoms with Gasteiger partial charge in [0.25, 0.3) is 0 Å². The summed E-state index contributed by atoms with van der Waals surface area (Å²) in [6.45, 7) is 6.47. The Morgan fingerprint density at radius 3 is 2.46 bits per heavy atom. The quantitative estimate of drug-likeness (QED) is 0.729. The van der Waals surface area contributed by atoms with Crippen LogP contribution in [0.3, 0.4) is 0 Å². The van der Waals surface area contributed by atoms with Crippen molar-refractivity contribution in [1.29, 1.82) is 0 Å². The number of nitrogens with zero attached hydrogens (tertiary/aromatic N) is 2. The number of pyridine rings is 2. The topological polar surface area (TPSA) is 92.3 Å². The van der Waals surface area contributed by atoms with Gasteiger partial charge in [-0.1, -0.05) is 39.3 Å². The van der Waals surface area contributed by atoms with Crippen LogP contribution in [0.2, 0.25) is 0 Å². The van der Waals surface area contributed by atoms with E-state index >= 15 is 0 Å². The summed E-state index contributed by atoms with van der Waals surface area (Å²) in [5, 5.41) is 20.2. The van der Waals surface area contributed by atoms with Crippen LogP contribution >= 0.6 is 0 Å². The summed E-state index contributed by atoms with van der Waals surface area (Å²) < 4.78 is 0. The van der Waals surface area contributed by atoms with E-state index in [-0.39, 0.29) is 12.2 Å². The third-order valence-corrected chi connectivity index (χ3v) is 6.29. The van der Waals surface area contributed by atoms with E-state index in [0.717, 1.165) is 54.6 Å². The van der Waals surface area contributed by atoms with Crippen LogP contribution in [0.15, 0.2) is 30.5 Å². The number of fused-ring (bicyclic) bond motifs is 2. The van der Waals surface area contributed by atoms with Crippen LogP contribution in [0.1, 0.15) is 74.8 Å². The lowest BCUT2D eigenvalue weighted by Gasteiger charge is -2.31. The lowest BCUT2D eigenvalue weighted by Crippen LogP contribution is -2.25. The molecule has 0 bridgehead atoms. The van der Waals surface area contributed by atoms with Crippen LogP contribution < -0.4 is 5.73 Å². The van der Waals surface area contributed by atoms with E-state index in [9.17, 15) is 10.2 Å². The monoisotopic (exact) mass is 383 g/mol. The Bertz CT molecular complexity index is 793. The Labute approximate surface area is 168 Å². The van der Waals surface area contributed by atoms with E-state index in [1.165, 1.54) is 0 Å². The standard InChI is InChI=1S/C12H17NO.C11H16N2O/c1-8(2)9-5-6-11-10(12(9)14)4-3-7-13-11;1-2-7-3-5-9-8(11(7)14)4-6-10(12)13-9/h3-4,7-9,12,14H,5-6H2,1-2H3;4,6-7,11,14H,2-3,5H2,1H3,(H2,12,13). The summed E-state index contributed by atoms with van der Waals surface area (Å²) in [4.78, 5) is 8.55. The summed E-state index contributed by atoms with van der Waals surface area (Å²) >= 11 is 0. The molecule has 2 heterocycles. The lowest BCUT2D eigenvalue weighted by molar-refractivity contribution is 0.0660. The fraction of sp³-hybridized carbons (Fsp3) is 0.565. The van der Waals surface area contributed by atoms with Gasteiger partial charge in [0.15, 0.2) is 0 Å². The summed E-state index contributed by atoms with van der Waals surface area (Å²) in [6, 6.07) is 7.58. The molecular weight excluding hydrogens is 350 g/mol. The minimum absolute atomic E-state index is 0.313. The van der Waals surface area contributed by atoms with Crippen molar-refractivity contribution in [3.63, 3.8) is 0 Å². The number of hydrogen-bond acceptors (Lipinski definition) is 5. The maximum absolute atomic E-state index is 10.2. The lowest BCUT2D eigenvalue weighted by atomic mass is 9.78. The number of nitrogens with two attached hydrogens (primary N) is 1. The molecule has 0 fully saturated rings. The summed E-state index contributed by atoms with van der Waals surface area (Å²) in [5.74, 6) is 1.86. The van der Waals surface area contributed by atoms with Crippen LogP contribution in [-0.4, -0.2) is 20.2 Å². The van der Waals surface area contributed by atoms with Crippen molar-refractivity contribution in [2.75, 3.05) is 5.73 Å². The minimum atomic E-state index is -0.350.